The van der Waals surface area contributed by atoms with Gasteiger partial charge in [-0.3, -0.25) is 4.98 Å². The van der Waals surface area contributed by atoms with Crippen molar-refractivity contribution in [3.63, 3.8) is 0 Å². The third-order valence-corrected chi connectivity index (χ3v) is 2.84. The van der Waals surface area contributed by atoms with Gasteiger partial charge < -0.3 is 9.67 Å². The standard InChI is InChI=1S/C12H16N2O.C2H6/c1-9-7-14(12(2,3)8-15)11-4-5-13-6-10(9)11;1-2/h4-7,15H,8H2,1-3H3;1-2H3. The summed E-state index contributed by atoms with van der Waals surface area (Å²) in [5, 5.41) is 10.5. The minimum Gasteiger partial charge on any atom is -0.394 e. The van der Waals surface area contributed by atoms with Crippen molar-refractivity contribution in [2.24, 2.45) is 0 Å². The number of rotatable bonds is 2. The first kappa shape index (κ1) is 13.7. The third kappa shape index (κ3) is 2.50. The number of aliphatic hydroxyl groups is 1. The van der Waals surface area contributed by atoms with Crippen LogP contribution >= 0.6 is 0 Å². The fourth-order valence-corrected chi connectivity index (χ4v) is 1.81. The first-order chi connectivity index (χ1) is 8.06. The first-order valence-corrected chi connectivity index (χ1v) is 6.09. The maximum absolute atomic E-state index is 9.38. The molecule has 2 aromatic heterocycles. The lowest BCUT2D eigenvalue weighted by molar-refractivity contribution is 0.168. The summed E-state index contributed by atoms with van der Waals surface area (Å²) in [5.41, 5.74) is 2.05. The highest BCUT2D eigenvalue weighted by Crippen LogP contribution is 2.26. The SMILES string of the molecule is CC.Cc1cn(C(C)(C)CO)c2ccncc12. The Morgan fingerprint density at radius 3 is 2.59 bits per heavy atom. The summed E-state index contributed by atoms with van der Waals surface area (Å²) in [5.74, 6) is 0. The van der Waals surface area contributed by atoms with Crippen molar-refractivity contribution in [1.82, 2.24) is 9.55 Å². The number of hydrogen-bond acceptors (Lipinski definition) is 2. The van der Waals surface area contributed by atoms with Crippen LogP contribution in [0.5, 0.6) is 0 Å². The van der Waals surface area contributed by atoms with Crippen molar-refractivity contribution in [3.8, 4) is 0 Å². The molecule has 0 radical (unpaired) electrons. The zero-order chi connectivity index (χ0) is 13.1. The summed E-state index contributed by atoms with van der Waals surface area (Å²) in [6.45, 7) is 10.2. The van der Waals surface area contributed by atoms with E-state index in [1.165, 1.54) is 5.56 Å². The van der Waals surface area contributed by atoms with Gasteiger partial charge in [0, 0.05) is 24.0 Å². The Balaban J connectivity index is 0.000000686. The summed E-state index contributed by atoms with van der Waals surface area (Å²) in [4.78, 5) is 4.12. The van der Waals surface area contributed by atoms with Gasteiger partial charge in [0.05, 0.1) is 17.7 Å². The molecule has 0 unspecified atom stereocenters. The fraction of sp³-hybridized carbons (Fsp3) is 0.500. The molecule has 0 bridgehead atoms. The zero-order valence-corrected chi connectivity index (χ0v) is 11.4. The van der Waals surface area contributed by atoms with Crippen LogP contribution in [0.15, 0.2) is 24.7 Å². The van der Waals surface area contributed by atoms with Crippen LogP contribution < -0.4 is 0 Å². The highest BCUT2D eigenvalue weighted by Gasteiger charge is 2.21. The van der Waals surface area contributed by atoms with Crippen molar-refractivity contribution in [3.05, 3.63) is 30.2 Å². The quantitative estimate of drug-likeness (QED) is 0.867. The van der Waals surface area contributed by atoms with Crippen LogP contribution in [0.25, 0.3) is 10.9 Å². The monoisotopic (exact) mass is 234 g/mol. The molecule has 17 heavy (non-hydrogen) atoms. The number of aromatic nitrogens is 2. The minimum atomic E-state index is -0.270. The topological polar surface area (TPSA) is 38.0 Å². The molecule has 0 saturated heterocycles. The van der Waals surface area contributed by atoms with E-state index < -0.39 is 0 Å². The van der Waals surface area contributed by atoms with Gasteiger partial charge in [-0.25, -0.2) is 0 Å². The lowest BCUT2D eigenvalue weighted by Gasteiger charge is -2.25. The van der Waals surface area contributed by atoms with E-state index in [-0.39, 0.29) is 12.1 Å². The van der Waals surface area contributed by atoms with Gasteiger partial charge in [-0.15, -0.1) is 0 Å². The van der Waals surface area contributed by atoms with Crippen molar-refractivity contribution >= 4 is 10.9 Å². The Hall–Kier alpha value is -1.35. The Morgan fingerprint density at radius 1 is 1.35 bits per heavy atom. The number of hydrogen-bond donors (Lipinski definition) is 1. The van der Waals surface area contributed by atoms with Crippen LogP contribution in [0.4, 0.5) is 0 Å². The van der Waals surface area contributed by atoms with Crippen LogP contribution in [-0.4, -0.2) is 21.3 Å². The predicted octanol–water partition coefficient (Wildman–Crippen LogP) is 3.10. The van der Waals surface area contributed by atoms with Gasteiger partial charge in [0.1, 0.15) is 0 Å². The molecule has 3 nitrogen and oxygen atoms in total. The molecule has 0 aliphatic heterocycles. The highest BCUT2D eigenvalue weighted by atomic mass is 16.3. The van der Waals surface area contributed by atoms with E-state index in [2.05, 4.69) is 22.7 Å². The molecule has 0 aliphatic rings. The summed E-state index contributed by atoms with van der Waals surface area (Å²) in [7, 11) is 0. The van der Waals surface area contributed by atoms with E-state index in [0.717, 1.165) is 10.9 Å². The molecule has 0 aromatic carbocycles. The molecule has 0 amide bonds. The van der Waals surface area contributed by atoms with Crippen molar-refractivity contribution in [2.75, 3.05) is 6.61 Å². The van der Waals surface area contributed by atoms with Crippen LogP contribution in [-0.2, 0) is 5.54 Å². The van der Waals surface area contributed by atoms with Crippen molar-refractivity contribution in [2.45, 2.75) is 40.2 Å². The average molecular weight is 234 g/mol. The molecule has 0 spiro atoms. The van der Waals surface area contributed by atoms with E-state index in [9.17, 15) is 5.11 Å². The number of pyridine rings is 1. The van der Waals surface area contributed by atoms with Gasteiger partial charge >= 0.3 is 0 Å². The third-order valence-electron chi connectivity index (χ3n) is 2.84. The minimum absolute atomic E-state index is 0.124. The maximum Gasteiger partial charge on any atom is 0.0661 e. The van der Waals surface area contributed by atoms with E-state index in [1.807, 2.05) is 40.0 Å². The molecule has 94 valence electrons. The van der Waals surface area contributed by atoms with Crippen LogP contribution in [0.3, 0.4) is 0 Å². The molecule has 3 heteroatoms. The number of aryl methyl sites for hydroxylation is 1. The molecular formula is C14H22N2O. The van der Waals surface area contributed by atoms with Gasteiger partial charge in [0.2, 0.25) is 0 Å². The number of nitrogens with zero attached hydrogens (tertiary/aromatic N) is 2. The first-order valence-electron chi connectivity index (χ1n) is 6.09. The van der Waals surface area contributed by atoms with Crippen LogP contribution in [0.1, 0.15) is 33.3 Å². The average Bonchev–Trinajstić information content (AvgIpc) is 2.71. The number of aliphatic hydroxyl groups excluding tert-OH is 1. The normalized spacial score (nSPS) is 11.2. The smallest absolute Gasteiger partial charge is 0.0661 e. The molecule has 1 N–H and O–H groups in total. The summed E-state index contributed by atoms with van der Waals surface area (Å²) >= 11 is 0. The van der Waals surface area contributed by atoms with Gasteiger partial charge in [-0.2, -0.15) is 0 Å². The molecule has 2 heterocycles. The molecule has 0 fully saturated rings. The summed E-state index contributed by atoms with van der Waals surface area (Å²) in [6.07, 6.45) is 5.73. The molecule has 0 aliphatic carbocycles. The van der Waals surface area contributed by atoms with Gasteiger partial charge in [-0.1, -0.05) is 13.8 Å². The Bertz CT molecular complexity index is 486. The van der Waals surface area contributed by atoms with Gasteiger partial charge in [0.25, 0.3) is 0 Å². The number of fused-ring (bicyclic) bond motifs is 1. The Kier molecular flexibility index (Phi) is 4.29. The molecule has 2 aromatic rings. The molecular weight excluding hydrogens is 212 g/mol. The lowest BCUT2D eigenvalue weighted by Crippen LogP contribution is -2.29. The second kappa shape index (κ2) is 5.32. The maximum atomic E-state index is 9.38. The van der Waals surface area contributed by atoms with E-state index >= 15 is 0 Å². The molecule has 0 atom stereocenters. The Labute approximate surface area is 103 Å². The fourth-order valence-electron chi connectivity index (χ4n) is 1.81. The van der Waals surface area contributed by atoms with Crippen LogP contribution in [0, 0.1) is 6.92 Å². The summed E-state index contributed by atoms with van der Waals surface area (Å²) in [6, 6.07) is 1.99. The lowest BCUT2D eigenvalue weighted by atomic mass is 10.1. The van der Waals surface area contributed by atoms with E-state index in [1.54, 1.807) is 6.20 Å². The Morgan fingerprint density at radius 2 is 2.00 bits per heavy atom. The van der Waals surface area contributed by atoms with Crippen molar-refractivity contribution < 1.29 is 5.11 Å². The highest BCUT2D eigenvalue weighted by molar-refractivity contribution is 5.82. The second-order valence-corrected chi connectivity index (χ2v) is 4.55. The van der Waals surface area contributed by atoms with Crippen LogP contribution in [0.2, 0.25) is 0 Å². The van der Waals surface area contributed by atoms with E-state index in [4.69, 9.17) is 0 Å². The predicted molar refractivity (Wildman–Crippen MR) is 72.2 cm³/mol. The van der Waals surface area contributed by atoms with E-state index in [0.29, 0.717) is 0 Å². The van der Waals surface area contributed by atoms with Crippen molar-refractivity contribution in [1.29, 1.82) is 0 Å². The second-order valence-electron chi connectivity index (χ2n) is 4.55. The zero-order valence-electron chi connectivity index (χ0n) is 11.4. The van der Waals surface area contributed by atoms with Gasteiger partial charge in [0.15, 0.2) is 0 Å². The van der Waals surface area contributed by atoms with Gasteiger partial charge in [-0.05, 0) is 32.4 Å². The molecule has 0 saturated carbocycles. The molecule has 2 rings (SSSR count). The summed E-state index contributed by atoms with van der Waals surface area (Å²) < 4.78 is 2.11. The largest absolute Gasteiger partial charge is 0.394 e.